The molecule has 1 heterocycles. The van der Waals surface area contributed by atoms with E-state index in [0.717, 1.165) is 26.9 Å². The van der Waals surface area contributed by atoms with E-state index in [0.29, 0.717) is 5.69 Å². The summed E-state index contributed by atoms with van der Waals surface area (Å²) >= 11 is 7.13. The molecule has 0 atom stereocenters. The number of pyridine rings is 1. The smallest absolute Gasteiger partial charge is 0.143 e. The van der Waals surface area contributed by atoms with Crippen LogP contribution in [0.4, 0.5) is 11.5 Å². The van der Waals surface area contributed by atoms with Crippen molar-refractivity contribution in [3.8, 4) is 0 Å². The molecule has 5 heteroatoms. The van der Waals surface area contributed by atoms with Gasteiger partial charge in [0, 0.05) is 18.1 Å². The van der Waals surface area contributed by atoms with Crippen LogP contribution in [0.1, 0.15) is 11.1 Å². The van der Waals surface area contributed by atoms with E-state index in [-0.39, 0.29) is 0 Å². The van der Waals surface area contributed by atoms with Crippen molar-refractivity contribution in [1.82, 2.24) is 4.98 Å². The maximum atomic E-state index is 5.85. The summed E-state index contributed by atoms with van der Waals surface area (Å²) in [6, 6.07) is 8.18. The first kappa shape index (κ1) is 14.3. The number of nitrogens with zero attached hydrogens (tertiary/aromatic N) is 2. The first-order chi connectivity index (χ1) is 9.00. The van der Waals surface area contributed by atoms with Crippen molar-refractivity contribution < 1.29 is 0 Å². The van der Waals surface area contributed by atoms with E-state index in [9.17, 15) is 0 Å². The largest absolute Gasteiger partial charge is 0.397 e. The Labute approximate surface area is 130 Å². The summed E-state index contributed by atoms with van der Waals surface area (Å²) < 4.78 is 2.05. The summed E-state index contributed by atoms with van der Waals surface area (Å²) in [6.45, 7) is 2.76. The topological polar surface area (TPSA) is 42.1 Å². The van der Waals surface area contributed by atoms with Crippen LogP contribution in [-0.2, 0) is 6.54 Å². The number of hydrogen-bond acceptors (Lipinski definition) is 3. The Hall–Kier alpha value is -1.07. The molecule has 100 valence electrons. The van der Waals surface area contributed by atoms with Crippen LogP contribution in [0, 0.1) is 6.92 Å². The lowest BCUT2D eigenvalue weighted by atomic mass is 10.2. The molecular weight excluding hydrogens is 370 g/mol. The normalized spacial score (nSPS) is 10.5. The van der Waals surface area contributed by atoms with Crippen LogP contribution in [0.15, 0.2) is 39.4 Å². The first-order valence-corrected chi connectivity index (χ1v) is 7.44. The summed E-state index contributed by atoms with van der Waals surface area (Å²) in [7, 11) is 2.02. The van der Waals surface area contributed by atoms with Crippen LogP contribution < -0.4 is 10.6 Å². The Balaban J connectivity index is 2.28. The van der Waals surface area contributed by atoms with Gasteiger partial charge in [-0.1, -0.05) is 34.1 Å². The average molecular weight is 385 g/mol. The highest BCUT2D eigenvalue weighted by Crippen LogP contribution is 2.31. The second-order valence-electron chi connectivity index (χ2n) is 4.42. The molecule has 0 spiro atoms. The van der Waals surface area contributed by atoms with E-state index >= 15 is 0 Å². The molecule has 0 unspecified atom stereocenters. The predicted octanol–water partition coefficient (Wildman–Crippen LogP) is 4.13. The molecule has 1 aromatic heterocycles. The molecule has 2 N–H and O–H groups in total. The van der Waals surface area contributed by atoms with Crippen LogP contribution in [0.25, 0.3) is 0 Å². The van der Waals surface area contributed by atoms with Gasteiger partial charge >= 0.3 is 0 Å². The third-order valence-corrected chi connectivity index (χ3v) is 4.73. The second-order valence-corrected chi connectivity index (χ2v) is 6.07. The van der Waals surface area contributed by atoms with Gasteiger partial charge in [-0.15, -0.1) is 0 Å². The lowest BCUT2D eigenvalue weighted by Gasteiger charge is -2.21. The minimum absolute atomic E-state index is 0.699. The zero-order valence-corrected chi connectivity index (χ0v) is 14.0. The summed E-state index contributed by atoms with van der Waals surface area (Å²) in [4.78, 5) is 6.50. The van der Waals surface area contributed by atoms with Gasteiger partial charge in [-0.3, -0.25) is 0 Å². The molecule has 0 amide bonds. The molecular formula is C14H15Br2N3. The predicted molar refractivity (Wildman–Crippen MR) is 87.3 cm³/mol. The quantitative estimate of drug-likeness (QED) is 0.864. The molecule has 0 aliphatic rings. The molecule has 0 aliphatic heterocycles. The Morgan fingerprint density at radius 1 is 1.26 bits per heavy atom. The van der Waals surface area contributed by atoms with Gasteiger partial charge in [0.25, 0.3) is 0 Å². The van der Waals surface area contributed by atoms with Gasteiger partial charge in [0.1, 0.15) is 5.82 Å². The second kappa shape index (κ2) is 5.92. The Bertz CT molecular complexity index is 599. The highest BCUT2D eigenvalue weighted by molar-refractivity contribution is 9.11. The summed E-state index contributed by atoms with van der Waals surface area (Å²) in [5.74, 6) is 0.891. The molecule has 2 rings (SSSR count). The highest BCUT2D eigenvalue weighted by atomic mass is 79.9. The van der Waals surface area contributed by atoms with Crippen molar-refractivity contribution in [3.05, 3.63) is 50.5 Å². The first-order valence-electron chi connectivity index (χ1n) is 5.86. The molecule has 3 nitrogen and oxygen atoms in total. The fourth-order valence-electron chi connectivity index (χ4n) is 1.80. The molecule has 0 bridgehead atoms. The zero-order valence-electron chi connectivity index (χ0n) is 10.8. The molecule has 0 aliphatic carbocycles. The third-order valence-electron chi connectivity index (χ3n) is 3.01. The number of nitrogen functional groups attached to an aromatic ring is 1. The number of anilines is 2. The lowest BCUT2D eigenvalue weighted by molar-refractivity contribution is 0.889. The Kier molecular flexibility index (Phi) is 4.47. The van der Waals surface area contributed by atoms with E-state index in [1.807, 2.05) is 32.2 Å². The number of hydrogen-bond donors (Lipinski definition) is 1. The summed E-state index contributed by atoms with van der Waals surface area (Å²) in [6.07, 6.45) is 1.70. The minimum Gasteiger partial charge on any atom is -0.397 e. The maximum Gasteiger partial charge on any atom is 0.143 e. The van der Waals surface area contributed by atoms with Crippen LogP contribution in [-0.4, -0.2) is 12.0 Å². The number of rotatable bonds is 3. The van der Waals surface area contributed by atoms with Crippen molar-refractivity contribution in [2.45, 2.75) is 13.5 Å². The van der Waals surface area contributed by atoms with Gasteiger partial charge in [0.15, 0.2) is 0 Å². The highest BCUT2D eigenvalue weighted by Gasteiger charge is 2.12. The van der Waals surface area contributed by atoms with Crippen molar-refractivity contribution in [2.24, 2.45) is 0 Å². The van der Waals surface area contributed by atoms with E-state index in [1.54, 1.807) is 6.20 Å². The number of halogens is 2. The van der Waals surface area contributed by atoms with Crippen LogP contribution >= 0.6 is 31.9 Å². The standard InChI is InChI=1S/C14H15Br2N3/c1-9-12(17)7-18-14(13(9)16)19(2)8-10-5-3-4-6-11(10)15/h3-7H,8,17H2,1-2H3. The summed E-state index contributed by atoms with van der Waals surface area (Å²) in [5.41, 5.74) is 8.78. The molecule has 0 fully saturated rings. The van der Waals surface area contributed by atoms with Crippen molar-refractivity contribution in [3.63, 3.8) is 0 Å². The molecule has 1 aromatic carbocycles. The molecule has 2 aromatic rings. The SMILES string of the molecule is Cc1c(N)cnc(N(C)Cc2ccccc2Br)c1Br. The molecule has 19 heavy (non-hydrogen) atoms. The Morgan fingerprint density at radius 2 is 1.95 bits per heavy atom. The van der Waals surface area contributed by atoms with Crippen LogP contribution in [0.5, 0.6) is 0 Å². The van der Waals surface area contributed by atoms with Gasteiger partial charge in [-0.2, -0.15) is 0 Å². The van der Waals surface area contributed by atoms with Crippen LogP contribution in [0.3, 0.4) is 0 Å². The zero-order chi connectivity index (χ0) is 14.0. The monoisotopic (exact) mass is 383 g/mol. The number of aromatic nitrogens is 1. The maximum absolute atomic E-state index is 5.85. The molecule has 0 radical (unpaired) electrons. The molecule has 0 saturated heterocycles. The van der Waals surface area contributed by atoms with Crippen molar-refractivity contribution in [1.29, 1.82) is 0 Å². The van der Waals surface area contributed by atoms with Gasteiger partial charge in [-0.05, 0) is 40.0 Å². The number of benzene rings is 1. The van der Waals surface area contributed by atoms with E-state index in [4.69, 9.17) is 5.73 Å². The molecule has 0 saturated carbocycles. The van der Waals surface area contributed by atoms with E-state index < -0.39 is 0 Å². The fourth-order valence-corrected chi connectivity index (χ4v) is 2.85. The van der Waals surface area contributed by atoms with Gasteiger partial charge < -0.3 is 10.6 Å². The van der Waals surface area contributed by atoms with Crippen molar-refractivity contribution in [2.75, 3.05) is 17.7 Å². The number of nitrogens with two attached hydrogens (primary N) is 1. The summed E-state index contributed by atoms with van der Waals surface area (Å²) in [5, 5.41) is 0. The Morgan fingerprint density at radius 3 is 2.63 bits per heavy atom. The fraction of sp³-hybridized carbons (Fsp3) is 0.214. The van der Waals surface area contributed by atoms with Gasteiger partial charge in [-0.25, -0.2) is 4.98 Å². The third kappa shape index (κ3) is 3.09. The van der Waals surface area contributed by atoms with Crippen molar-refractivity contribution >= 4 is 43.4 Å². The van der Waals surface area contributed by atoms with Gasteiger partial charge in [0.05, 0.1) is 16.4 Å². The average Bonchev–Trinajstić information content (AvgIpc) is 2.39. The van der Waals surface area contributed by atoms with Crippen LogP contribution in [0.2, 0.25) is 0 Å². The minimum atomic E-state index is 0.699. The van der Waals surface area contributed by atoms with E-state index in [1.165, 1.54) is 5.56 Å². The lowest BCUT2D eigenvalue weighted by Crippen LogP contribution is -2.19. The van der Waals surface area contributed by atoms with Gasteiger partial charge in [0.2, 0.25) is 0 Å². The van der Waals surface area contributed by atoms with E-state index in [2.05, 4.69) is 47.8 Å².